The molecule has 0 aromatic heterocycles. The fourth-order valence-corrected chi connectivity index (χ4v) is 5.46. The number of benzene rings is 1. The summed E-state index contributed by atoms with van der Waals surface area (Å²) in [5.74, 6) is -1.29. The number of nitrogens with one attached hydrogen (secondary N) is 1. The number of nitrogens with zero attached hydrogens (tertiary/aromatic N) is 1. The molecule has 1 aromatic rings. The average molecular weight is 441 g/mol. The van der Waals surface area contributed by atoms with Crippen molar-refractivity contribution in [1.82, 2.24) is 10.2 Å². The van der Waals surface area contributed by atoms with E-state index < -0.39 is 34.5 Å². The van der Waals surface area contributed by atoms with E-state index in [1.807, 2.05) is 30.3 Å². The molecule has 2 aliphatic heterocycles. The number of carbonyl (C=O) groups is 3. The lowest BCUT2D eigenvalue weighted by Crippen LogP contribution is -2.75. The van der Waals surface area contributed by atoms with E-state index >= 15 is 0 Å². The van der Waals surface area contributed by atoms with Gasteiger partial charge in [-0.2, -0.15) is 0 Å². The quantitative estimate of drug-likeness (QED) is 0.310. The Labute approximate surface area is 162 Å². The maximum atomic E-state index is 12.5. The van der Waals surface area contributed by atoms with Crippen molar-refractivity contribution in [3.05, 3.63) is 47.2 Å². The van der Waals surface area contributed by atoms with Gasteiger partial charge in [-0.25, -0.2) is 4.79 Å². The lowest BCUT2D eigenvalue weighted by Gasteiger charge is -2.49. The molecule has 3 rings (SSSR count). The topological polar surface area (TPSA) is 98.8 Å². The first kappa shape index (κ1) is 18.9. The molecule has 2 aliphatic rings. The minimum atomic E-state index is -1.42. The first-order valence-electron chi connectivity index (χ1n) is 7.87. The largest absolute Gasteiger partial charge is 0.614 e. The molecule has 3 atom stereocenters. The lowest BCUT2D eigenvalue weighted by atomic mass is 10.0. The monoisotopic (exact) mass is 440 g/mol. The molecule has 2 heterocycles. The van der Waals surface area contributed by atoms with Crippen molar-refractivity contribution in [2.45, 2.75) is 17.8 Å². The number of methoxy groups -OCH3 is 1. The molecule has 0 bridgehead atoms. The fraction of sp³-hybridized carbons (Fsp3) is 0.353. The van der Waals surface area contributed by atoms with E-state index in [1.54, 1.807) is 0 Å². The molecule has 7 nitrogen and oxygen atoms in total. The van der Waals surface area contributed by atoms with Crippen LogP contribution >= 0.6 is 15.9 Å². The van der Waals surface area contributed by atoms with Crippen LogP contribution in [0, 0.1) is 0 Å². The molecule has 1 N–H and O–H groups in total. The van der Waals surface area contributed by atoms with Gasteiger partial charge in [0.05, 0.1) is 13.5 Å². The Morgan fingerprint density at radius 2 is 2.08 bits per heavy atom. The van der Waals surface area contributed by atoms with Gasteiger partial charge in [0, 0.05) is 10.9 Å². The smallest absolute Gasteiger partial charge is 0.355 e. The minimum absolute atomic E-state index is 0.118. The van der Waals surface area contributed by atoms with Gasteiger partial charge in [-0.05, 0) is 16.7 Å². The van der Waals surface area contributed by atoms with Crippen LogP contribution in [0.25, 0.3) is 0 Å². The first-order chi connectivity index (χ1) is 12.5. The highest BCUT2D eigenvalue weighted by atomic mass is 79.9. The third kappa shape index (κ3) is 3.38. The predicted octanol–water partition coefficient (Wildman–Crippen LogP) is 0.466. The van der Waals surface area contributed by atoms with Gasteiger partial charge in [-0.15, -0.1) is 0 Å². The van der Waals surface area contributed by atoms with E-state index in [0.29, 0.717) is 10.9 Å². The van der Waals surface area contributed by atoms with Crippen molar-refractivity contribution >= 4 is 44.9 Å². The molecule has 26 heavy (non-hydrogen) atoms. The number of rotatable bonds is 5. The molecule has 0 radical (unpaired) electrons. The maximum Gasteiger partial charge on any atom is 0.355 e. The predicted molar refractivity (Wildman–Crippen MR) is 98.6 cm³/mol. The molecular weight excluding hydrogens is 424 g/mol. The Balaban J connectivity index is 1.75. The van der Waals surface area contributed by atoms with Crippen LogP contribution in [0.4, 0.5) is 0 Å². The molecule has 9 heteroatoms. The standard InChI is InChI=1S/C17H17BrN2O5S/c1-25-17(23)14-11(8-18)9-26(24)16-13(15(22)20(14)16)19-12(21)7-10-5-3-2-4-6-10/h2-6,13,16H,7-9H2,1H3,(H,19,21)/t13?,16-,26?/m1/s1. The second-order valence-corrected chi connectivity index (χ2v) is 8.00. The molecule has 1 aromatic carbocycles. The summed E-state index contributed by atoms with van der Waals surface area (Å²) in [5, 5.41) is 2.20. The van der Waals surface area contributed by atoms with Gasteiger partial charge in [0.25, 0.3) is 5.91 Å². The zero-order valence-corrected chi connectivity index (χ0v) is 16.3. The Kier molecular flexibility index (Phi) is 5.69. The van der Waals surface area contributed by atoms with Crippen LogP contribution in [0.2, 0.25) is 0 Å². The van der Waals surface area contributed by atoms with Gasteiger partial charge in [0.2, 0.25) is 11.3 Å². The summed E-state index contributed by atoms with van der Waals surface area (Å²) in [6.45, 7) is 0. The molecule has 1 fully saturated rings. The summed E-state index contributed by atoms with van der Waals surface area (Å²) in [6, 6.07) is 8.22. The number of hydrogen-bond donors (Lipinski definition) is 1. The fourth-order valence-electron chi connectivity index (χ4n) is 3.05. The van der Waals surface area contributed by atoms with Crippen molar-refractivity contribution in [2.24, 2.45) is 0 Å². The Morgan fingerprint density at radius 1 is 1.38 bits per heavy atom. The average Bonchev–Trinajstić information content (AvgIpc) is 2.65. The minimum Gasteiger partial charge on any atom is -0.614 e. The van der Waals surface area contributed by atoms with Gasteiger partial charge >= 0.3 is 5.97 Å². The maximum absolute atomic E-state index is 12.5. The third-order valence-electron chi connectivity index (χ3n) is 4.27. The van der Waals surface area contributed by atoms with Crippen LogP contribution in [-0.4, -0.2) is 56.8 Å². The van der Waals surface area contributed by atoms with Gasteiger partial charge in [0.15, 0.2) is 6.04 Å². The van der Waals surface area contributed by atoms with Crippen LogP contribution < -0.4 is 5.32 Å². The van der Waals surface area contributed by atoms with Crippen molar-refractivity contribution in [2.75, 3.05) is 18.2 Å². The summed E-state index contributed by atoms with van der Waals surface area (Å²) < 4.78 is 17.3. The summed E-state index contributed by atoms with van der Waals surface area (Å²) in [5.41, 5.74) is 1.48. The number of esters is 1. The molecule has 2 amide bonds. The lowest BCUT2D eigenvalue weighted by molar-refractivity contribution is -0.152. The van der Waals surface area contributed by atoms with Crippen molar-refractivity contribution in [3.8, 4) is 0 Å². The van der Waals surface area contributed by atoms with Crippen molar-refractivity contribution in [3.63, 3.8) is 0 Å². The number of fused-ring (bicyclic) bond motifs is 1. The van der Waals surface area contributed by atoms with Crippen LogP contribution in [0.5, 0.6) is 0 Å². The van der Waals surface area contributed by atoms with Crippen LogP contribution in [0.1, 0.15) is 5.56 Å². The highest BCUT2D eigenvalue weighted by Gasteiger charge is 2.60. The van der Waals surface area contributed by atoms with E-state index in [9.17, 15) is 18.9 Å². The summed E-state index contributed by atoms with van der Waals surface area (Å²) in [6.07, 6.45) is 0.121. The first-order valence-corrected chi connectivity index (χ1v) is 10.4. The van der Waals surface area contributed by atoms with Gasteiger partial charge in [-0.3, -0.25) is 14.5 Å². The summed E-state index contributed by atoms with van der Waals surface area (Å²) in [7, 11) is 1.23. The number of β-lactam (4-membered cyclic amide) rings is 1. The molecule has 1 saturated heterocycles. The Morgan fingerprint density at radius 3 is 2.69 bits per heavy atom. The number of alkyl halides is 1. The van der Waals surface area contributed by atoms with Gasteiger partial charge in [-0.1, -0.05) is 46.3 Å². The number of hydrogen-bond acceptors (Lipinski definition) is 5. The SMILES string of the molecule is COC(=O)C1=C(CBr)C[S+]([O-])[C@@H]2C(NC(=O)Cc3ccccc3)C(=O)N12. The van der Waals surface area contributed by atoms with Crippen molar-refractivity contribution in [1.29, 1.82) is 0 Å². The number of carbonyl (C=O) groups excluding carboxylic acids is 3. The van der Waals surface area contributed by atoms with Gasteiger partial charge < -0.3 is 14.6 Å². The third-order valence-corrected chi connectivity index (χ3v) is 6.60. The highest BCUT2D eigenvalue weighted by molar-refractivity contribution is 9.09. The second-order valence-electron chi connectivity index (χ2n) is 5.91. The van der Waals surface area contributed by atoms with E-state index in [0.717, 1.165) is 5.56 Å². The normalized spacial score (nSPS) is 24.7. The summed E-state index contributed by atoms with van der Waals surface area (Å²) in [4.78, 5) is 38.0. The molecule has 0 aliphatic carbocycles. The van der Waals surface area contributed by atoms with E-state index in [4.69, 9.17) is 4.74 Å². The molecule has 2 unspecified atom stereocenters. The molecule has 0 spiro atoms. The van der Waals surface area contributed by atoms with Gasteiger partial charge in [0.1, 0.15) is 11.4 Å². The Hall–Kier alpha value is -1.84. The zero-order chi connectivity index (χ0) is 18.8. The highest BCUT2D eigenvalue weighted by Crippen LogP contribution is 2.37. The van der Waals surface area contributed by atoms with E-state index in [-0.39, 0.29) is 23.8 Å². The van der Waals surface area contributed by atoms with Crippen LogP contribution in [0.15, 0.2) is 41.6 Å². The van der Waals surface area contributed by atoms with E-state index in [1.165, 1.54) is 12.0 Å². The second kappa shape index (κ2) is 7.81. The van der Waals surface area contributed by atoms with E-state index in [2.05, 4.69) is 21.2 Å². The summed E-state index contributed by atoms with van der Waals surface area (Å²) >= 11 is 1.84. The van der Waals surface area contributed by atoms with Crippen molar-refractivity contribution < 1.29 is 23.7 Å². The van der Waals surface area contributed by atoms with Crippen LogP contribution in [-0.2, 0) is 36.7 Å². The molecule has 0 saturated carbocycles. The van der Waals surface area contributed by atoms with Crippen LogP contribution in [0.3, 0.4) is 0 Å². The number of amides is 2. The number of ether oxygens (including phenoxy) is 1. The Bertz CT molecular complexity index is 770. The number of halogens is 1. The zero-order valence-electron chi connectivity index (χ0n) is 13.9. The molecule has 138 valence electrons. The molecular formula is C17H17BrN2O5S.